The maximum absolute atomic E-state index is 13.1. The lowest BCUT2D eigenvalue weighted by molar-refractivity contribution is -0.130. The summed E-state index contributed by atoms with van der Waals surface area (Å²) in [5.41, 5.74) is 2.25. The first-order valence-electron chi connectivity index (χ1n) is 9.98. The first-order chi connectivity index (χ1) is 16.1. The summed E-state index contributed by atoms with van der Waals surface area (Å²) in [6.45, 7) is 0. The van der Waals surface area contributed by atoms with Crippen LogP contribution in [0, 0.1) is 5.82 Å². The highest BCUT2D eigenvalue weighted by atomic mass is 35.5. The molecule has 10 heteroatoms. The smallest absolute Gasteiger partial charge is 0.277 e. The van der Waals surface area contributed by atoms with Gasteiger partial charge in [0.1, 0.15) is 17.6 Å². The zero-order chi connectivity index (χ0) is 22.8. The Labute approximate surface area is 197 Å². The van der Waals surface area contributed by atoms with Crippen LogP contribution in [0.1, 0.15) is 23.8 Å². The van der Waals surface area contributed by atoms with Crippen LogP contribution in [0.3, 0.4) is 0 Å². The summed E-state index contributed by atoms with van der Waals surface area (Å²) in [6.07, 6.45) is 2.09. The molecule has 2 aromatic carbocycles. The topological polar surface area (TPSA) is 84.7 Å². The number of aromatic nitrogens is 2. The Balaban J connectivity index is 1.31. The highest BCUT2D eigenvalue weighted by Gasteiger charge is 2.35. The molecule has 0 N–H and O–H groups in total. The third kappa shape index (κ3) is 4.69. The third-order valence-electron chi connectivity index (χ3n) is 5.03. The average molecular weight is 483 g/mol. The molecule has 1 aliphatic heterocycles. The molecule has 4 aromatic rings. The summed E-state index contributed by atoms with van der Waals surface area (Å²) in [4.78, 5) is 13.1. The lowest BCUT2D eigenvalue weighted by atomic mass is 10.0. The summed E-state index contributed by atoms with van der Waals surface area (Å²) in [7, 11) is 0. The SMILES string of the molecule is O=C(CSc1nnc(-c2ccc(F)cc2)o1)N1N=C(c2ccc(Cl)cc2)CC1c1ccco1. The van der Waals surface area contributed by atoms with Gasteiger partial charge >= 0.3 is 0 Å². The van der Waals surface area contributed by atoms with Gasteiger partial charge in [-0.1, -0.05) is 35.5 Å². The fourth-order valence-electron chi connectivity index (χ4n) is 3.43. The molecule has 1 unspecified atom stereocenters. The number of benzene rings is 2. The van der Waals surface area contributed by atoms with Crippen molar-refractivity contribution >= 4 is 35.0 Å². The van der Waals surface area contributed by atoms with Crippen molar-refractivity contribution in [3.8, 4) is 11.5 Å². The second-order valence-electron chi connectivity index (χ2n) is 7.20. The second kappa shape index (κ2) is 9.21. The van der Waals surface area contributed by atoms with Crippen LogP contribution in [0.5, 0.6) is 0 Å². The van der Waals surface area contributed by atoms with E-state index in [1.807, 2.05) is 18.2 Å². The summed E-state index contributed by atoms with van der Waals surface area (Å²) >= 11 is 7.11. The number of rotatable bonds is 6. The Kier molecular flexibility index (Phi) is 5.97. The van der Waals surface area contributed by atoms with Crippen molar-refractivity contribution in [1.82, 2.24) is 15.2 Å². The van der Waals surface area contributed by atoms with Gasteiger partial charge in [0.15, 0.2) is 0 Å². The Morgan fingerprint density at radius 1 is 1.09 bits per heavy atom. The molecule has 7 nitrogen and oxygen atoms in total. The van der Waals surface area contributed by atoms with Crippen LogP contribution in [0.2, 0.25) is 5.02 Å². The van der Waals surface area contributed by atoms with E-state index in [-0.39, 0.29) is 34.6 Å². The molecule has 1 amide bonds. The van der Waals surface area contributed by atoms with Gasteiger partial charge in [-0.2, -0.15) is 5.10 Å². The van der Waals surface area contributed by atoms with Gasteiger partial charge < -0.3 is 8.83 Å². The molecule has 166 valence electrons. The lowest BCUT2D eigenvalue weighted by Crippen LogP contribution is -2.28. The molecule has 0 radical (unpaired) electrons. The van der Waals surface area contributed by atoms with Gasteiger partial charge in [0.2, 0.25) is 5.89 Å². The van der Waals surface area contributed by atoms with Gasteiger partial charge in [-0.15, -0.1) is 10.2 Å². The lowest BCUT2D eigenvalue weighted by Gasteiger charge is -2.19. The molecule has 0 spiro atoms. The molecule has 0 bridgehead atoms. The van der Waals surface area contributed by atoms with Gasteiger partial charge in [0.25, 0.3) is 11.1 Å². The standard InChI is InChI=1S/C23H16ClFN4O3S/c24-16-7-3-14(4-8-16)18-12-19(20-2-1-11-31-20)29(28-18)21(30)13-33-23-27-26-22(32-23)15-5-9-17(25)10-6-15/h1-11,19H,12-13H2. The largest absolute Gasteiger partial charge is 0.467 e. The van der Waals surface area contributed by atoms with Crippen LogP contribution < -0.4 is 0 Å². The van der Waals surface area contributed by atoms with Gasteiger partial charge in [-0.25, -0.2) is 9.40 Å². The predicted molar refractivity (Wildman–Crippen MR) is 121 cm³/mol. The van der Waals surface area contributed by atoms with Crippen molar-refractivity contribution in [2.45, 2.75) is 17.7 Å². The maximum atomic E-state index is 13.1. The number of thioether (sulfide) groups is 1. The zero-order valence-corrected chi connectivity index (χ0v) is 18.6. The molecule has 3 heterocycles. The van der Waals surface area contributed by atoms with Crippen LogP contribution in [0.25, 0.3) is 11.5 Å². The minimum Gasteiger partial charge on any atom is -0.467 e. The molecule has 0 fully saturated rings. The molecule has 33 heavy (non-hydrogen) atoms. The van der Waals surface area contributed by atoms with Crippen molar-refractivity contribution in [3.05, 3.63) is 89.1 Å². The second-order valence-corrected chi connectivity index (χ2v) is 8.56. The van der Waals surface area contributed by atoms with E-state index >= 15 is 0 Å². The molecule has 1 atom stereocenters. The number of nitrogens with zero attached hydrogens (tertiary/aromatic N) is 4. The Bertz CT molecular complexity index is 1290. The molecule has 0 saturated carbocycles. The number of furan rings is 1. The summed E-state index contributed by atoms with van der Waals surface area (Å²) in [5.74, 6) is 0.361. The van der Waals surface area contributed by atoms with E-state index in [1.165, 1.54) is 17.1 Å². The summed E-state index contributed by atoms with van der Waals surface area (Å²) < 4.78 is 24.3. The van der Waals surface area contributed by atoms with E-state index in [2.05, 4.69) is 15.3 Å². The number of amides is 1. The fourth-order valence-corrected chi connectivity index (χ4v) is 4.17. The monoisotopic (exact) mass is 482 g/mol. The summed E-state index contributed by atoms with van der Waals surface area (Å²) in [5, 5.41) is 14.8. The van der Waals surface area contributed by atoms with Gasteiger partial charge in [0.05, 0.1) is 17.7 Å². The zero-order valence-electron chi connectivity index (χ0n) is 17.0. The van der Waals surface area contributed by atoms with E-state index in [0.29, 0.717) is 22.8 Å². The molecule has 5 rings (SSSR count). The quantitative estimate of drug-likeness (QED) is 0.333. The molecule has 0 saturated heterocycles. The molecular weight excluding hydrogens is 467 g/mol. The number of carbonyl (C=O) groups excluding carboxylic acids is 1. The molecule has 0 aliphatic carbocycles. The van der Waals surface area contributed by atoms with Crippen LogP contribution >= 0.6 is 23.4 Å². The first kappa shape index (κ1) is 21.4. The highest BCUT2D eigenvalue weighted by Crippen LogP contribution is 2.34. The maximum Gasteiger partial charge on any atom is 0.277 e. The number of hydrogen-bond donors (Lipinski definition) is 0. The van der Waals surface area contributed by atoms with Crippen molar-refractivity contribution in [3.63, 3.8) is 0 Å². The Morgan fingerprint density at radius 3 is 2.58 bits per heavy atom. The van der Waals surface area contributed by atoms with E-state index in [0.717, 1.165) is 23.0 Å². The van der Waals surface area contributed by atoms with Crippen molar-refractivity contribution in [2.75, 3.05) is 5.75 Å². The summed E-state index contributed by atoms with van der Waals surface area (Å²) in [6, 6.07) is 16.3. The van der Waals surface area contributed by atoms with Gasteiger partial charge in [-0.3, -0.25) is 4.79 Å². The van der Waals surface area contributed by atoms with Crippen molar-refractivity contribution < 1.29 is 18.0 Å². The number of halogens is 2. The average Bonchev–Trinajstić information content (AvgIpc) is 3.59. The van der Waals surface area contributed by atoms with E-state index in [9.17, 15) is 9.18 Å². The van der Waals surface area contributed by atoms with Gasteiger partial charge in [-0.05, 0) is 54.1 Å². The normalized spacial score (nSPS) is 15.6. The first-order valence-corrected chi connectivity index (χ1v) is 11.3. The van der Waals surface area contributed by atoms with E-state index < -0.39 is 0 Å². The number of hydrazone groups is 1. The van der Waals surface area contributed by atoms with Crippen molar-refractivity contribution in [1.29, 1.82) is 0 Å². The highest BCUT2D eigenvalue weighted by molar-refractivity contribution is 7.99. The molecule has 2 aromatic heterocycles. The van der Waals surface area contributed by atoms with E-state index in [1.54, 1.807) is 36.6 Å². The molecular formula is C23H16ClFN4O3S. The number of carbonyl (C=O) groups is 1. The predicted octanol–water partition coefficient (Wildman–Crippen LogP) is 5.59. The van der Waals surface area contributed by atoms with E-state index in [4.69, 9.17) is 20.4 Å². The van der Waals surface area contributed by atoms with Crippen LogP contribution in [-0.2, 0) is 4.79 Å². The Hall–Kier alpha value is -3.43. The number of hydrogen-bond acceptors (Lipinski definition) is 7. The third-order valence-corrected chi connectivity index (χ3v) is 6.09. The molecule has 1 aliphatic rings. The van der Waals surface area contributed by atoms with Crippen LogP contribution in [0.4, 0.5) is 4.39 Å². The fraction of sp³-hybridized carbons (Fsp3) is 0.130. The van der Waals surface area contributed by atoms with Crippen LogP contribution in [0.15, 0.2) is 86.1 Å². The van der Waals surface area contributed by atoms with Crippen LogP contribution in [-0.4, -0.2) is 32.6 Å². The minimum absolute atomic E-state index is 0.0413. The van der Waals surface area contributed by atoms with Gasteiger partial charge in [0, 0.05) is 17.0 Å². The Morgan fingerprint density at radius 2 is 1.85 bits per heavy atom. The minimum atomic E-state index is -0.353. The van der Waals surface area contributed by atoms with Crippen molar-refractivity contribution in [2.24, 2.45) is 5.10 Å².